The second-order valence-electron chi connectivity index (χ2n) is 10.4. The summed E-state index contributed by atoms with van der Waals surface area (Å²) < 4.78 is 26.7. The highest BCUT2D eigenvalue weighted by Crippen LogP contribution is 2.46. The molecule has 0 aromatic heterocycles. The average molecular weight is 706 g/mol. The van der Waals surface area contributed by atoms with Crippen molar-refractivity contribution in [3.05, 3.63) is 84.0 Å². The second-order valence-corrected chi connectivity index (χ2v) is 13.6. The van der Waals surface area contributed by atoms with Crippen LogP contribution in [0.3, 0.4) is 0 Å². The zero-order chi connectivity index (χ0) is 35.9. The Balaban J connectivity index is 0.000000414. The third-order valence-corrected chi connectivity index (χ3v) is 9.79. The van der Waals surface area contributed by atoms with Crippen molar-refractivity contribution in [3.63, 3.8) is 0 Å². The number of nitrogens with zero attached hydrogens (tertiary/aromatic N) is 3. The monoisotopic (exact) mass is 705 g/mol. The zero-order valence-corrected chi connectivity index (χ0v) is 28.1. The molecular weight excluding hydrogens is 666 g/mol. The maximum Gasteiger partial charge on any atom is 0.328 e. The van der Waals surface area contributed by atoms with Gasteiger partial charge in [0.2, 0.25) is 10.0 Å². The highest BCUT2D eigenvalue weighted by molar-refractivity contribution is 7.99. The van der Waals surface area contributed by atoms with Crippen LogP contribution >= 0.6 is 11.8 Å². The van der Waals surface area contributed by atoms with Gasteiger partial charge < -0.3 is 30.4 Å². The van der Waals surface area contributed by atoms with Gasteiger partial charge in [0.05, 0.1) is 11.5 Å². The molecule has 1 fully saturated rings. The molecule has 16 heteroatoms. The summed E-state index contributed by atoms with van der Waals surface area (Å²) in [6, 6.07) is 13.8. The van der Waals surface area contributed by atoms with Gasteiger partial charge in [0, 0.05) is 87.5 Å². The second kappa shape index (κ2) is 19.5. The fraction of sp³-hybridized carbons (Fsp3) is 0.312. The smallest absolute Gasteiger partial charge is 0.328 e. The van der Waals surface area contributed by atoms with Crippen molar-refractivity contribution in [2.45, 2.75) is 21.1 Å². The number of rotatable bonds is 11. The largest absolute Gasteiger partial charge is 0.478 e. The van der Waals surface area contributed by atoms with E-state index in [1.165, 1.54) is 9.20 Å². The maximum absolute atomic E-state index is 12.7. The predicted octanol–water partition coefficient (Wildman–Crippen LogP) is 2.26. The molecule has 2 aliphatic rings. The van der Waals surface area contributed by atoms with Crippen LogP contribution in [0.5, 0.6) is 0 Å². The summed E-state index contributed by atoms with van der Waals surface area (Å²) >= 11 is 1.69. The van der Waals surface area contributed by atoms with Gasteiger partial charge in [0.1, 0.15) is 0 Å². The van der Waals surface area contributed by atoms with Gasteiger partial charge in [-0.3, -0.25) is 4.90 Å². The van der Waals surface area contributed by atoms with Crippen LogP contribution in [0.2, 0.25) is 0 Å². The van der Waals surface area contributed by atoms with E-state index < -0.39 is 33.9 Å². The number of piperazine rings is 1. The molecule has 0 bridgehead atoms. The first-order valence-electron chi connectivity index (χ1n) is 14.5. The summed E-state index contributed by atoms with van der Waals surface area (Å²) in [6.07, 6.45) is 5.40. The molecule has 1 saturated heterocycles. The molecule has 2 heterocycles. The van der Waals surface area contributed by atoms with Gasteiger partial charge in [-0.1, -0.05) is 36.0 Å². The van der Waals surface area contributed by atoms with Crippen LogP contribution in [0.25, 0.3) is 5.57 Å². The highest BCUT2D eigenvalue weighted by Gasteiger charge is 2.25. The number of fused-ring (bicyclic) bond motifs is 2. The lowest BCUT2D eigenvalue weighted by atomic mass is 9.96. The van der Waals surface area contributed by atoms with Gasteiger partial charge in [-0.15, -0.1) is 0 Å². The quantitative estimate of drug-likeness (QED) is 0.181. The van der Waals surface area contributed by atoms with Crippen LogP contribution < -0.4 is 0 Å². The molecule has 14 nitrogen and oxygen atoms in total. The molecule has 0 unspecified atom stereocenters. The molecule has 48 heavy (non-hydrogen) atoms. The molecule has 2 aromatic carbocycles. The average Bonchev–Trinajstić information content (AvgIpc) is 3.03. The Bertz CT molecular complexity index is 1580. The first-order chi connectivity index (χ1) is 22.6. The standard InChI is InChI=1S/C24H31N3O3S2.2C4H4O4/c1-25(2)32(29,30)19-9-10-24-22(18-19)20(21-6-3-4-8-23(21)31-24)7-5-11-26-12-14-27(15-13-26)16-17-28;2*5-3(6)1-2-4(7)8/h3-4,6-10,18,28H,5,11-17H2,1-2H3;2*1-2H,(H,5,6)(H,7,8)/b20-7+;2*2-1+. The van der Waals surface area contributed by atoms with Gasteiger partial charge in [0.25, 0.3) is 0 Å². The van der Waals surface area contributed by atoms with Gasteiger partial charge in [-0.2, -0.15) is 0 Å². The molecule has 2 aliphatic heterocycles. The van der Waals surface area contributed by atoms with Crippen molar-refractivity contribution in [2.24, 2.45) is 0 Å². The number of aliphatic hydroxyl groups is 1. The molecular formula is C32H39N3O11S2. The van der Waals surface area contributed by atoms with Crippen molar-refractivity contribution < 1.29 is 53.1 Å². The minimum Gasteiger partial charge on any atom is -0.478 e. The first-order valence-corrected chi connectivity index (χ1v) is 16.8. The van der Waals surface area contributed by atoms with Gasteiger partial charge in [-0.05, 0) is 47.4 Å². The lowest BCUT2D eigenvalue weighted by Crippen LogP contribution is -2.47. The molecule has 260 valence electrons. The first kappa shape index (κ1) is 39.9. The third-order valence-electron chi connectivity index (χ3n) is 6.83. The minimum atomic E-state index is -3.49. The van der Waals surface area contributed by atoms with Crippen molar-refractivity contribution >= 4 is 51.2 Å². The normalized spacial score (nSPS) is 15.6. The number of carboxylic acid groups (broad SMARTS) is 4. The van der Waals surface area contributed by atoms with E-state index in [1.807, 2.05) is 24.3 Å². The topological polar surface area (TPSA) is 213 Å². The number of carbonyl (C=O) groups is 4. The SMILES string of the molecule is CN(C)S(=O)(=O)c1ccc2c(c1)/C(=C/CCN1CCN(CCO)CC1)c1ccccc1S2.O=C(O)/C=C/C(=O)O.O=C(O)/C=C/C(=O)O. The molecule has 2 aromatic rings. The fourth-order valence-electron chi connectivity index (χ4n) is 4.50. The number of aliphatic carboxylic acids is 4. The summed E-state index contributed by atoms with van der Waals surface area (Å²) in [5.41, 5.74) is 3.27. The Morgan fingerprint density at radius 3 is 1.71 bits per heavy atom. The van der Waals surface area contributed by atoms with Crippen LogP contribution in [0, 0.1) is 0 Å². The van der Waals surface area contributed by atoms with Crippen molar-refractivity contribution in [1.82, 2.24) is 14.1 Å². The summed E-state index contributed by atoms with van der Waals surface area (Å²) in [5, 5.41) is 40.4. The molecule has 0 amide bonds. The molecule has 0 aliphatic carbocycles. The molecule has 5 N–H and O–H groups in total. The Hall–Kier alpha value is -4.32. The summed E-state index contributed by atoms with van der Waals surface area (Å²) in [4.78, 5) is 45.6. The van der Waals surface area contributed by atoms with Crippen molar-refractivity contribution in [2.75, 3.05) is 60.0 Å². The Morgan fingerprint density at radius 1 is 0.750 bits per heavy atom. The lowest BCUT2D eigenvalue weighted by Gasteiger charge is -2.34. The molecule has 0 spiro atoms. The van der Waals surface area contributed by atoms with E-state index in [0.29, 0.717) is 29.2 Å². The number of hydrogen-bond acceptors (Lipinski definition) is 10. The van der Waals surface area contributed by atoms with Gasteiger partial charge in [0.15, 0.2) is 0 Å². The molecule has 0 saturated carbocycles. The van der Waals surface area contributed by atoms with Crippen LogP contribution in [-0.4, -0.2) is 132 Å². The molecule has 4 rings (SSSR count). The lowest BCUT2D eigenvalue weighted by molar-refractivity contribution is -0.134. The van der Waals surface area contributed by atoms with Gasteiger partial charge in [-0.25, -0.2) is 31.9 Å². The zero-order valence-electron chi connectivity index (χ0n) is 26.4. The van der Waals surface area contributed by atoms with E-state index in [0.717, 1.165) is 67.3 Å². The number of β-amino-alcohol motifs (C(OH)–C–C–N with tert-alkyl or cyclic N) is 1. The minimum absolute atomic E-state index is 0.217. The van der Waals surface area contributed by atoms with Crippen LogP contribution in [0.15, 0.2) is 87.5 Å². The fourth-order valence-corrected chi connectivity index (χ4v) is 6.51. The van der Waals surface area contributed by atoms with E-state index in [2.05, 4.69) is 28.0 Å². The van der Waals surface area contributed by atoms with E-state index >= 15 is 0 Å². The Morgan fingerprint density at radius 2 is 1.23 bits per heavy atom. The van der Waals surface area contributed by atoms with E-state index in [1.54, 1.807) is 31.9 Å². The molecule has 0 atom stereocenters. The number of sulfonamides is 1. The van der Waals surface area contributed by atoms with E-state index in [9.17, 15) is 27.6 Å². The van der Waals surface area contributed by atoms with Crippen molar-refractivity contribution in [3.8, 4) is 0 Å². The van der Waals surface area contributed by atoms with Crippen LogP contribution in [0.4, 0.5) is 0 Å². The maximum atomic E-state index is 12.7. The third kappa shape index (κ3) is 13.1. The van der Waals surface area contributed by atoms with Crippen molar-refractivity contribution in [1.29, 1.82) is 0 Å². The Kier molecular flexibility index (Phi) is 16.2. The number of hydrogen-bond donors (Lipinski definition) is 5. The summed E-state index contributed by atoms with van der Waals surface area (Å²) in [7, 11) is -0.362. The number of benzene rings is 2. The molecule has 0 radical (unpaired) electrons. The van der Waals surface area contributed by atoms with Crippen LogP contribution in [-0.2, 0) is 29.2 Å². The summed E-state index contributed by atoms with van der Waals surface area (Å²) in [5.74, 6) is -5.03. The Labute approximate surface area is 282 Å². The number of carboxylic acids is 4. The van der Waals surface area contributed by atoms with Crippen LogP contribution in [0.1, 0.15) is 17.5 Å². The van der Waals surface area contributed by atoms with Gasteiger partial charge >= 0.3 is 23.9 Å². The van der Waals surface area contributed by atoms with E-state index in [4.69, 9.17) is 25.5 Å². The summed E-state index contributed by atoms with van der Waals surface area (Å²) in [6.45, 7) is 5.94. The van der Waals surface area contributed by atoms with E-state index in [-0.39, 0.29) is 6.61 Å². The highest BCUT2D eigenvalue weighted by atomic mass is 32.2. The predicted molar refractivity (Wildman–Crippen MR) is 178 cm³/mol. The number of aliphatic hydroxyl groups excluding tert-OH is 1.